The summed E-state index contributed by atoms with van der Waals surface area (Å²) in [4.78, 5) is 12.2. The van der Waals surface area contributed by atoms with E-state index in [-0.39, 0.29) is 11.9 Å². The van der Waals surface area contributed by atoms with Gasteiger partial charge in [-0.2, -0.15) is 0 Å². The molecule has 0 aliphatic rings. The predicted molar refractivity (Wildman–Crippen MR) is 38.3 cm³/mol. The molecule has 3 heteroatoms. The first kappa shape index (κ1) is 8.50. The average molecular weight is 148 g/mol. The molecule has 0 unspecified atom stereocenters. The van der Waals surface area contributed by atoms with Crippen molar-refractivity contribution in [3.05, 3.63) is 12.2 Å². The van der Waals surface area contributed by atoms with Gasteiger partial charge in [0.05, 0.1) is 6.00 Å². The van der Waals surface area contributed by atoms with Crippen molar-refractivity contribution >= 4 is 17.5 Å². The van der Waals surface area contributed by atoms with E-state index < -0.39 is 0 Å². The number of alkyl halides is 1. The van der Waals surface area contributed by atoms with E-state index in [1.54, 1.807) is 14.0 Å². The summed E-state index contributed by atoms with van der Waals surface area (Å²) in [6, 6.07) is 0.214. The average Bonchev–Trinajstić information content (AvgIpc) is 1.84. The third-order valence-electron chi connectivity index (χ3n) is 0.891. The Bertz CT molecular complexity index is 133. The lowest BCUT2D eigenvalue weighted by atomic mass is 10.3. The Balaban J connectivity index is 3.88. The Morgan fingerprint density at radius 1 is 1.78 bits per heavy atom. The third kappa shape index (κ3) is 2.51. The molecule has 0 atom stereocenters. The number of rotatable bonds is 2. The van der Waals surface area contributed by atoms with Crippen molar-refractivity contribution in [1.82, 2.24) is 4.90 Å². The second-order valence-electron chi connectivity index (χ2n) is 1.90. The molecular formula is C6H10ClNO. The second-order valence-corrected chi connectivity index (χ2v) is 2.14. The van der Waals surface area contributed by atoms with E-state index in [9.17, 15) is 4.79 Å². The lowest BCUT2D eigenvalue weighted by molar-refractivity contribution is -0.125. The van der Waals surface area contributed by atoms with Gasteiger partial charge in [-0.05, 0) is 6.92 Å². The molecule has 0 spiro atoms. The molecule has 0 fully saturated rings. The van der Waals surface area contributed by atoms with Crippen LogP contribution < -0.4 is 0 Å². The van der Waals surface area contributed by atoms with Crippen molar-refractivity contribution in [2.24, 2.45) is 0 Å². The standard InChI is InChI=1S/C6H10ClNO/c1-5(2)6(9)8(3)4-7/h1,4H2,2-3H3. The van der Waals surface area contributed by atoms with E-state index in [4.69, 9.17) is 11.6 Å². The van der Waals surface area contributed by atoms with E-state index in [1.165, 1.54) is 4.90 Å². The van der Waals surface area contributed by atoms with Gasteiger partial charge in [0.2, 0.25) is 5.91 Å². The molecule has 0 rings (SSSR count). The summed E-state index contributed by atoms with van der Waals surface area (Å²) >= 11 is 5.35. The molecule has 1 amide bonds. The van der Waals surface area contributed by atoms with Gasteiger partial charge >= 0.3 is 0 Å². The van der Waals surface area contributed by atoms with Gasteiger partial charge in [0.1, 0.15) is 0 Å². The summed E-state index contributed by atoms with van der Waals surface area (Å²) in [7, 11) is 1.63. The number of amides is 1. The Morgan fingerprint density at radius 2 is 2.22 bits per heavy atom. The minimum Gasteiger partial charge on any atom is -0.328 e. The van der Waals surface area contributed by atoms with Gasteiger partial charge in [0, 0.05) is 12.6 Å². The SMILES string of the molecule is C=C(C)C(=O)N(C)CCl. The van der Waals surface area contributed by atoms with Crippen LogP contribution in [-0.4, -0.2) is 23.9 Å². The van der Waals surface area contributed by atoms with E-state index in [0.29, 0.717) is 5.57 Å². The lowest BCUT2D eigenvalue weighted by Crippen LogP contribution is -2.25. The molecular weight excluding hydrogens is 138 g/mol. The van der Waals surface area contributed by atoms with Gasteiger partial charge in [0.25, 0.3) is 0 Å². The molecule has 52 valence electrons. The molecule has 9 heavy (non-hydrogen) atoms. The molecule has 0 saturated carbocycles. The maximum absolute atomic E-state index is 10.8. The maximum Gasteiger partial charge on any atom is 0.249 e. The van der Waals surface area contributed by atoms with Gasteiger partial charge in [-0.3, -0.25) is 4.79 Å². The highest BCUT2D eigenvalue weighted by atomic mass is 35.5. The molecule has 0 radical (unpaired) electrons. The number of carbonyl (C=O) groups is 1. The normalized spacial score (nSPS) is 8.78. The highest BCUT2D eigenvalue weighted by Gasteiger charge is 2.05. The van der Waals surface area contributed by atoms with Crippen molar-refractivity contribution in [1.29, 1.82) is 0 Å². The van der Waals surface area contributed by atoms with Gasteiger partial charge in [-0.15, -0.1) is 11.6 Å². The zero-order valence-electron chi connectivity index (χ0n) is 5.65. The first-order chi connectivity index (χ1) is 4.09. The van der Waals surface area contributed by atoms with Gasteiger partial charge in [-0.25, -0.2) is 0 Å². The van der Waals surface area contributed by atoms with Crippen LogP contribution in [0.1, 0.15) is 6.92 Å². The number of halogens is 1. The quantitative estimate of drug-likeness (QED) is 0.327. The molecule has 0 aromatic heterocycles. The van der Waals surface area contributed by atoms with E-state index in [1.807, 2.05) is 0 Å². The fourth-order valence-corrected chi connectivity index (χ4v) is 0.489. The second kappa shape index (κ2) is 3.51. The summed E-state index contributed by atoms with van der Waals surface area (Å²) in [6.45, 7) is 5.13. The van der Waals surface area contributed by atoms with Gasteiger partial charge < -0.3 is 4.90 Å². The topological polar surface area (TPSA) is 20.3 Å². The fraction of sp³-hybridized carbons (Fsp3) is 0.500. The molecule has 0 N–H and O–H groups in total. The Kier molecular flexibility index (Phi) is 3.32. The summed E-state index contributed by atoms with van der Waals surface area (Å²) in [5, 5.41) is 0. The van der Waals surface area contributed by atoms with Crippen LogP contribution in [-0.2, 0) is 4.79 Å². The van der Waals surface area contributed by atoms with Crippen molar-refractivity contribution in [3.8, 4) is 0 Å². The van der Waals surface area contributed by atoms with Crippen LogP contribution in [0.15, 0.2) is 12.2 Å². The number of hydrogen-bond donors (Lipinski definition) is 0. The van der Waals surface area contributed by atoms with Crippen LogP contribution in [0.4, 0.5) is 0 Å². The first-order valence-corrected chi connectivity index (χ1v) is 3.10. The van der Waals surface area contributed by atoms with Crippen LogP contribution in [0.2, 0.25) is 0 Å². The minimum absolute atomic E-state index is 0.106. The summed E-state index contributed by atoms with van der Waals surface area (Å²) < 4.78 is 0. The number of likely N-dealkylation sites (N-methyl/N-ethyl adjacent to an activating group) is 1. The van der Waals surface area contributed by atoms with Crippen LogP contribution >= 0.6 is 11.6 Å². The van der Waals surface area contributed by atoms with Crippen molar-refractivity contribution in [2.75, 3.05) is 13.1 Å². The highest BCUT2D eigenvalue weighted by molar-refractivity contribution is 6.18. The molecule has 0 saturated heterocycles. The Labute approximate surface area is 60.1 Å². The van der Waals surface area contributed by atoms with Crippen LogP contribution in [0.3, 0.4) is 0 Å². The Hall–Kier alpha value is -0.500. The lowest BCUT2D eigenvalue weighted by Gasteiger charge is -2.11. The van der Waals surface area contributed by atoms with Crippen LogP contribution in [0.25, 0.3) is 0 Å². The molecule has 2 nitrogen and oxygen atoms in total. The maximum atomic E-state index is 10.8. The molecule has 0 aromatic carbocycles. The molecule has 0 aromatic rings. The molecule has 0 aliphatic heterocycles. The predicted octanol–water partition coefficient (Wildman–Crippen LogP) is 1.22. The van der Waals surface area contributed by atoms with Crippen LogP contribution in [0.5, 0.6) is 0 Å². The van der Waals surface area contributed by atoms with Gasteiger partial charge in [-0.1, -0.05) is 6.58 Å². The molecule has 0 bridgehead atoms. The highest BCUT2D eigenvalue weighted by Crippen LogP contribution is 1.95. The van der Waals surface area contributed by atoms with Crippen molar-refractivity contribution in [2.45, 2.75) is 6.92 Å². The fourth-order valence-electron chi connectivity index (χ4n) is 0.380. The van der Waals surface area contributed by atoms with Crippen LogP contribution in [0, 0.1) is 0 Å². The van der Waals surface area contributed by atoms with Crippen molar-refractivity contribution < 1.29 is 4.79 Å². The number of nitrogens with zero attached hydrogens (tertiary/aromatic N) is 1. The zero-order valence-corrected chi connectivity index (χ0v) is 6.40. The third-order valence-corrected chi connectivity index (χ3v) is 1.25. The monoisotopic (exact) mass is 147 g/mol. The van der Waals surface area contributed by atoms with E-state index in [0.717, 1.165) is 0 Å². The first-order valence-electron chi connectivity index (χ1n) is 2.56. The summed E-state index contributed by atoms with van der Waals surface area (Å²) in [6.07, 6.45) is 0. The van der Waals surface area contributed by atoms with Gasteiger partial charge in [0.15, 0.2) is 0 Å². The number of carbonyl (C=O) groups excluding carboxylic acids is 1. The van der Waals surface area contributed by atoms with E-state index in [2.05, 4.69) is 6.58 Å². The smallest absolute Gasteiger partial charge is 0.249 e. The molecule has 0 heterocycles. The largest absolute Gasteiger partial charge is 0.328 e. The van der Waals surface area contributed by atoms with Crippen molar-refractivity contribution in [3.63, 3.8) is 0 Å². The minimum atomic E-state index is -0.106. The summed E-state index contributed by atoms with van der Waals surface area (Å²) in [5.74, 6) is -0.106. The molecule has 0 aliphatic carbocycles. The zero-order chi connectivity index (χ0) is 7.44. The van der Waals surface area contributed by atoms with E-state index >= 15 is 0 Å². The Morgan fingerprint density at radius 3 is 2.33 bits per heavy atom. The summed E-state index contributed by atoms with van der Waals surface area (Å²) in [5.41, 5.74) is 0.512. The number of hydrogen-bond acceptors (Lipinski definition) is 1.